The Morgan fingerprint density at radius 1 is 1.48 bits per heavy atom. The fourth-order valence-electron chi connectivity index (χ4n) is 3.14. The first kappa shape index (κ1) is 21.7. The van der Waals surface area contributed by atoms with Crippen molar-refractivity contribution >= 4 is 35.8 Å². The summed E-state index contributed by atoms with van der Waals surface area (Å²) in [4.78, 5) is 18.2. The molecule has 0 aliphatic carbocycles. The number of halogens is 1. The number of nitrogens with two attached hydrogens (primary N) is 1. The van der Waals surface area contributed by atoms with Gasteiger partial charge in [0.2, 0.25) is 5.91 Å². The highest BCUT2D eigenvalue weighted by Gasteiger charge is 2.23. The molecule has 1 amide bonds. The molecule has 3 N–H and O–H groups in total. The highest BCUT2D eigenvalue weighted by atomic mass is 127. The Morgan fingerprint density at radius 2 is 2.28 bits per heavy atom. The van der Waals surface area contributed by atoms with E-state index >= 15 is 0 Å². The molecule has 142 valence electrons. The van der Waals surface area contributed by atoms with Gasteiger partial charge in [0.1, 0.15) is 12.2 Å². The zero-order valence-electron chi connectivity index (χ0n) is 15.1. The maximum Gasteiger partial charge on any atom is 0.217 e. The maximum atomic E-state index is 11.2. The lowest BCUT2D eigenvalue weighted by molar-refractivity contribution is -0.119. The fraction of sp³-hybridized carbons (Fsp3) is 0.750. The molecule has 1 aliphatic rings. The quantitative estimate of drug-likeness (QED) is 0.357. The number of primary amides is 1. The van der Waals surface area contributed by atoms with Crippen LogP contribution in [0, 0.1) is 5.92 Å². The molecule has 1 aromatic heterocycles. The zero-order valence-corrected chi connectivity index (χ0v) is 17.5. The number of aromatic nitrogens is 3. The van der Waals surface area contributed by atoms with E-state index in [4.69, 9.17) is 10.7 Å². The molecule has 0 bridgehead atoms. The summed E-state index contributed by atoms with van der Waals surface area (Å²) in [6.07, 6.45) is 5.19. The first-order valence-electron chi connectivity index (χ1n) is 8.82. The van der Waals surface area contributed by atoms with Gasteiger partial charge in [-0.15, -0.1) is 34.2 Å². The minimum Gasteiger partial charge on any atom is -0.370 e. The molecule has 1 saturated heterocycles. The highest BCUT2D eigenvalue weighted by molar-refractivity contribution is 14.0. The van der Waals surface area contributed by atoms with Gasteiger partial charge in [-0.3, -0.25) is 9.79 Å². The molecule has 1 atom stereocenters. The van der Waals surface area contributed by atoms with E-state index in [0.717, 1.165) is 57.2 Å². The number of likely N-dealkylation sites (tertiary alicyclic amines) is 1. The molecule has 0 spiro atoms. The lowest BCUT2D eigenvalue weighted by Crippen LogP contribution is -2.47. The van der Waals surface area contributed by atoms with Crippen molar-refractivity contribution in [3.05, 3.63) is 12.2 Å². The number of hydrogen-bond donors (Lipinski definition) is 2. The van der Waals surface area contributed by atoms with Crippen molar-refractivity contribution in [3.8, 4) is 0 Å². The molecular formula is C16H30IN7O. The van der Waals surface area contributed by atoms with Crippen LogP contribution in [0.1, 0.15) is 38.9 Å². The molecule has 2 heterocycles. The molecule has 1 unspecified atom stereocenters. The minimum absolute atomic E-state index is 0. The molecule has 1 aliphatic heterocycles. The van der Waals surface area contributed by atoms with Crippen molar-refractivity contribution in [2.24, 2.45) is 16.6 Å². The Morgan fingerprint density at radius 3 is 2.96 bits per heavy atom. The monoisotopic (exact) mass is 463 g/mol. The van der Waals surface area contributed by atoms with Crippen molar-refractivity contribution < 1.29 is 4.79 Å². The number of aliphatic imine (C=N–C) groups is 1. The normalized spacial score (nSPS) is 17.9. The van der Waals surface area contributed by atoms with Crippen molar-refractivity contribution in [2.75, 3.05) is 26.2 Å². The minimum atomic E-state index is -0.219. The summed E-state index contributed by atoms with van der Waals surface area (Å²) >= 11 is 0. The van der Waals surface area contributed by atoms with Gasteiger partial charge in [0.05, 0.1) is 6.54 Å². The summed E-state index contributed by atoms with van der Waals surface area (Å²) in [5, 5.41) is 11.4. The van der Waals surface area contributed by atoms with Crippen LogP contribution < -0.4 is 11.1 Å². The molecule has 0 radical (unpaired) electrons. The summed E-state index contributed by atoms with van der Waals surface area (Å²) in [6.45, 7) is 8.20. The fourth-order valence-corrected chi connectivity index (χ4v) is 3.14. The standard InChI is InChI=1S/C16H29N7O.HI/c1-3-15-21-20-12-23(15)9-7-19-16(18-4-2)22-8-5-6-13(11-22)10-14(17)24;/h12-13H,3-11H2,1-2H3,(H2,17,24)(H,18,19);1H. The van der Waals surface area contributed by atoms with Crippen LogP contribution in [0.2, 0.25) is 0 Å². The van der Waals surface area contributed by atoms with E-state index in [1.165, 1.54) is 0 Å². The Kier molecular flexibility index (Phi) is 9.76. The van der Waals surface area contributed by atoms with Gasteiger partial charge in [0, 0.05) is 39.0 Å². The number of carbonyl (C=O) groups is 1. The van der Waals surface area contributed by atoms with Crippen LogP contribution in [0.3, 0.4) is 0 Å². The molecule has 1 aromatic rings. The van der Waals surface area contributed by atoms with E-state index in [9.17, 15) is 4.79 Å². The SMILES string of the molecule is CCNC(=NCCn1cnnc1CC)N1CCCC(CC(N)=O)C1.I. The van der Waals surface area contributed by atoms with E-state index in [0.29, 0.717) is 18.9 Å². The van der Waals surface area contributed by atoms with Crippen LogP contribution in [0.5, 0.6) is 0 Å². The third-order valence-corrected chi connectivity index (χ3v) is 4.26. The van der Waals surface area contributed by atoms with Gasteiger partial charge in [-0.25, -0.2) is 0 Å². The Hall–Kier alpha value is -1.39. The smallest absolute Gasteiger partial charge is 0.217 e. The third-order valence-electron chi connectivity index (χ3n) is 4.26. The van der Waals surface area contributed by atoms with E-state index in [2.05, 4.69) is 34.3 Å². The van der Waals surface area contributed by atoms with E-state index in [1.54, 1.807) is 6.33 Å². The molecule has 9 heteroatoms. The van der Waals surface area contributed by atoms with Crippen LogP contribution in [0.15, 0.2) is 11.3 Å². The zero-order chi connectivity index (χ0) is 17.4. The summed E-state index contributed by atoms with van der Waals surface area (Å²) in [7, 11) is 0. The highest BCUT2D eigenvalue weighted by Crippen LogP contribution is 2.19. The van der Waals surface area contributed by atoms with Crippen LogP contribution in [-0.2, 0) is 17.8 Å². The summed E-state index contributed by atoms with van der Waals surface area (Å²) in [5.74, 6) is 2.00. The predicted octanol–water partition coefficient (Wildman–Crippen LogP) is 1.01. The summed E-state index contributed by atoms with van der Waals surface area (Å²) in [5.41, 5.74) is 5.35. The molecule has 0 saturated carbocycles. The molecule has 1 fully saturated rings. The number of guanidine groups is 1. The molecule has 2 rings (SSSR count). The largest absolute Gasteiger partial charge is 0.370 e. The van der Waals surface area contributed by atoms with Crippen LogP contribution in [-0.4, -0.2) is 57.7 Å². The van der Waals surface area contributed by atoms with Crippen molar-refractivity contribution in [1.29, 1.82) is 0 Å². The number of nitrogens with one attached hydrogen (secondary N) is 1. The summed E-state index contributed by atoms with van der Waals surface area (Å²) < 4.78 is 2.04. The number of aryl methyl sites for hydroxylation is 1. The predicted molar refractivity (Wildman–Crippen MR) is 109 cm³/mol. The number of hydrogen-bond acceptors (Lipinski definition) is 4. The van der Waals surface area contributed by atoms with Gasteiger partial charge in [0.15, 0.2) is 5.96 Å². The number of piperidine rings is 1. The van der Waals surface area contributed by atoms with Gasteiger partial charge >= 0.3 is 0 Å². The van der Waals surface area contributed by atoms with Gasteiger partial charge in [-0.2, -0.15) is 0 Å². The average molecular weight is 463 g/mol. The maximum absolute atomic E-state index is 11.2. The van der Waals surface area contributed by atoms with Crippen LogP contribution >= 0.6 is 24.0 Å². The van der Waals surface area contributed by atoms with E-state index in [-0.39, 0.29) is 29.9 Å². The Bertz CT molecular complexity index is 560. The average Bonchev–Trinajstić information content (AvgIpc) is 3.01. The molecule has 8 nitrogen and oxygen atoms in total. The lowest BCUT2D eigenvalue weighted by Gasteiger charge is -2.34. The molecule has 0 aromatic carbocycles. The number of nitrogens with zero attached hydrogens (tertiary/aromatic N) is 5. The van der Waals surface area contributed by atoms with E-state index < -0.39 is 0 Å². The second-order valence-corrected chi connectivity index (χ2v) is 6.15. The van der Waals surface area contributed by atoms with Crippen molar-refractivity contribution in [1.82, 2.24) is 25.0 Å². The van der Waals surface area contributed by atoms with Gasteiger partial charge in [-0.05, 0) is 25.7 Å². The topological polar surface area (TPSA) is 101 Å². The van der Waals surface area contributed by atoms with Gasteiger partial charge < -0.3 is 20.5 Å². The second-order valence-electron chi connectivity index (χ2n) is 6.15. The Labute approximate surface area is 166 Å². The van der Waals surface area contributed by atoms with Crippen molar-refractivity contribution in [2.45, 2.75) is 46.1 Å². The molecular weight excluding hydrogens is 433 g/mol. The Balaban J connectivity index is 0.00000312. The van der Waals surface area contributed by atoms with E-state index in [1.807, 2.05) is 4.57 Å². The lowest BCUT2D eigenvalue weighted by atomic mass is 9.95. The third kappa shape index (κ3) is 6.79. The van der Waals surface area contributed by atoms with Gasteiger partial charge in [0.25, 0.3) is 0 Å². The molecule has 25 heavy (non-hydrogen) atoms. The summed E-state index contributed by atoms with van der Waals surface area (Å²) in [6, 6.07) is 0. The number of amides is 1. The first-order valence-corrected chi connectivity index (χ1v) is 8.82. The van der Waals surface area contributed by atoms with Crippen LogP contribution in [0.4, 0.5) is 0 Å². The second kappa shape index (κ2) is 11.3. The van der Waals surface area contributed by atoms with Gasteiger partial charge in [-0.1, -0.05) is 6.92 Å². The number of carbonyl (C=O) groups excluding carboxylic acids is 1. The number of rotatable bonds is 7. The van der Waals surface area contributed by atoms with Crippen LogP contribution in [0.25, 0.3) is 0 Å². The van der Waals surface area contributed by atoms with Crippen molar-refractivity contribution in [3.63, 3.8) is 0 Å². The first-order chi connectivity index (χ1) is 11.6.